The first kappa shape index (κ1) is 30.0. The Labute approximate surface area is 272 Å². The van der Waals surface area contributed by atoms with Gasteiger partial charge >= 0.3 is 0 Å². The number of anilines is 2. The largest absolute Gasteiger partial charge is 0.490 e. The van der Waals surface area contributed by atoms with Crippen molar-refractivity contribution < 1.29 is 19.1 Å². The molecule has 0 atom stereocenters. The summed E-state index contributed by atoms with van der Waals surface area (Å²) >= 11 is 20.2. The summed E-state index contributed by atoms with van der Waals surface area (Å²) in [7, 11) is 0. The second kappa shape index (κ2) is 13.2. The standard InChI is InChI=1S/C32H23Cl2IN2O4S/c1-2-40-28-17-20(16-27(35)29(28)41-19-21-13-14-22(33)18-26(21)34)15-25-30(38)36(23-9-5-3-6-10-23)32(42)37(31(25)39)24-11-7-4-8-12-24/h3-18H,2,19H2,1H3. The molecule has 5 rings (SSSR count). The van der Waals surface area contributed by atoms with Crippen LogP contribution in [0.5, 0.6) is 11.5 Å². The van der Waals surface area contributed by atoms with Crippen LogP contribution in [-0.2, 0) is 16.2 Å². The third kappa shape index (κ3) is 6.32. The average Bonchev–Trinajstić information content (AvgIpc) is 2.97. The van der Waals surface area contributed by atoms with E-state index in [-0.39, 0.29) is 17.3 Å². The summed E-state index contributed by atoms with van der Waals surface area (Å²) in [6.45, 7) is 2.44. The summed E-state index contributed by atoms with van der Waals surface area (Å²) in [4.78, 5) is 30.4. The number of benzene rings is 4. The molecule has 0 aromatic heterocycles. The number of hydrogen-bond acceptors (Lipinski definition) is 5. The van der Waals surface area contributed by atoms with Crippen molar-refractivity contribution in [3.8, 4) is 11.5 Å². The van der Waals surface area contributed by atoms with E-state index in [4.69, 9.17) is 44.9 Å². The van der Waals surface area contributed by atoms with Crippen molar-refractivity contribution in [2.45, 2.75) is 13.5 Å². The fraction of sp³-hybridized carbons (Fsp3) is 0.0938. The second-order valence-electron chi connectivity index (χ2n) is 9.08. The first-order valence-corrected chi connectivity index (χ1v) is 15.1. The van der Waals surface area contributed by atoms with Crippen molar-refractivity contribution in [2.75, 3.05) is 16.4 Å². The van der Waals surface area contributed by atoms with Crippen molar-refractivity contribution in [1.29, 1.82) is 0 Å². The lowest BCUT2D eigenvalue weighted by Crippen LogP contribution is -2.56. The Morgan fingerprint density at radius 3 is 1.98 bits per heavy atom. The predicted octanol–water partition coefficient (Wildman–Crippen LogP) is 8.32. The number of hydrogen-bond donors (Lipinski definition) is 0. The van der Waals surface area contributed by atoms with Crippen LogP contribution in [0.3, 0.4) is 0 Å². The highest BCUT2D eigenvalue weighted by Crippen LogP contribution is 2.37. The molecule has 1 fully saturated rings. The molecule has 1 aliphatic heterocycles. The Kier molecular flexibility index (Phi) is 9.47. The molecule has 0 radical (unpaired) electrons. The SMILES string of the molecule is CCOc1cc(C=C2C(=O)N(c3ccccc3)C(=S)N(c3ccccc3)C2=O)cc(I)c1OCc1ccc(Cl)cc1Cl. The number of rotatable bonds is 8. The smallest absolute Gasteiger partial charge is 0.270 e. The van der Waals surface area contributed by atoms with Crippen molar-refractivity contribution in [2.24, 2.45) is 0 Å². The van der Waals surface area contributed by atoms with Crippen molar-refractivity contribution >= 4 is 92.4 Å². The zero-order valence-corrected chi connectivity index (χ0v) is 26.7. The Bertz CT molecular complexity index is 1640. The molecule has 4 aromatic carbocycles. The highest BCUT2D eigenvalue weighted by molar-refractivity contribution is 14.1. The highest BCUT2D eigenvalue weighted by Gasteiger charge is 2.41. The van der Waals surface area contributed by atoms with E-state index >= 15 is 0 Å². The molecule has 6 nitrogen and oxygen atoms in total. The molecule has 0 bridgehead atoms. The fourth-order valence-electron chi connectivity index (χ4n) is 4.37. The summed E-state index contributed by atoms with van der Waals surface area (Å²) in [6, 6.07) is 26.8. The van der Waals surface area contributed by atoms with E-state index in [1.165, 1.54) is 9.80 Å². The maximum absolute atomic E-state index is 13.8. The van der Waals surface area contributed by atoms with Crippen LogP contribution in [0, 0.1) is 3.57 Å². The van der Waals surface area contributed by atoms with Gasteiger partial charge in [-0.15, -0.1) is 0 Å². The summed E-state index contributed by atoms with van der Waals surface area (Å²) in [5.74, 6) is -0.0552. The van der Waals surface area contributed by atoms with Gasteiger partial charge in [0.15, 0.2) is 16.6 Å². The average molecular weight is 729 g/mol. The number of nitrogens with zero attached hydrogens (tertiary/aromatic N) is 2. The lowest BCUT2D eigenvalue weighted by Gasteiger charge is -2.36. The van der Waals surface area contributed by atoms with Crippen LogP contribution in [0.2, 0.25) is 10.0 Å². The quantitative estimate of drug-likeness (QED) is 0.0791. The van der Waals surface area contributed by atoms with E-state index in [2.05, 4.69) is 22.6 Å². The van der Waals surface area contributed by atoms with Gasteiger partial charge in [0, 0.05) is 15.6 Å². The molecule has 1 aliphatic rings. The molecular weight excluding hydrogens is 706 g/mol. The zero-order chi connectivity index (χ0) is 29.8. The Balaban J connectivity index is 1.55. The van der Waals surface area contributed by atoms with Gasteiger partial charge in [0.2, 0.25) is 0 Å². The molecular formula is C32H23Cl2IN2O4S. The van der Waals surface area contributed by atoms with Gasteiger partial charge in [0.25, 0.3) is 11.8 Å². The summed E-state index contributed by atoms with van der Waals surface area (Å²) < 4.78 is 12.8. The Morgan fingerprint density at radius 1 is 0.833 bits per heavy atom. The van der Waals surface area contributed by atoms with E-state index in [0.29, 0.717) is 45.1 Å². The van der Waals surface area contributed by atoms with E-state index in [1.54, 1.807) is 54.6 Å². The highest BCUT2D eigenvalue weighted by atomic mass is 127. The van der Waals surface area contributed by atoms with Gasteiger partial charge in [-0.2, -0.15) is 0 Å². The van der Waals surface area contributed by atoms with E-state index in [0.717, 1.165) is 9.13 Å². The topological polar surface area (TPSA) is 59.1 Å². The van der Waals surface area contributed by atoms with Crippen molar-refractivity contribution in [1.82, 2.24) is 0 Å². The number of thiocarbonyl (C=S) groups is 1. The normalized spacial score (nSPS) is 13.4. The molecule has 0 aliphatic carbocycles. The van der Waals surface area contributed by atoms with Gasteiger partial charge in [-0.3, -0.25) is 19.4 Å². The molecule has 0 N–H and O–H groups in total. The first-order valence-electron chi connectivity index (χ1n) is 12.9. The fourth-order valence-corrected chi connectivity index (χ4v) is 5.99. The third-order valence-corrected chi connectivity index (χ3v) is 8.06. The van der Waals surface area contributed by atoms with Crippen LogP contribution >= 0.6 is 58.0 Å². The lowest BCUT2D eigenvalue weighted by atomic mass is 10.0. The number of carbonyl (C=O) groups excluding carboxylic acids is 2. The van der Waals surface area contributed by atoms with Gasteiger partial charge in [-0.25, -0.2) is 0 Å². The summed E-state index contributed by atoms with van der Waals surface area (Å²) in [5, 5.41) is 1.11. The predicted molar refractivity (Wildman–Crippen MR) is 180 cm³/mol. The minimum atomic E-state index is -0.519. The number of halogens is 3. The van der Waals surface area contributed by atoms with Crippen LogP contribution in [0.1, 0.15) is 18.1 Å². The van der Waals surface area contributed by atoms with Crippen molar-refractivity contribution in [3.05, 3.63) is 121 Å². The minimum absolute atomic E-state index is 0.0452. The molecule has 1 saturated heterocycles. The Hall–Kier alpha value is -3.44. The first-order chi connectivity index (χ1) is 20.3. The second-order valence-corrected chi connectivity index (χ2v) is 11.5. The van der Waals surface area contributed by atoms with Crippen LogP contribution in [0.25, 0.3) is 6.08 Å². The van der Waals surface area contributed by atoms with Gasteiger partial charge in [0.1, 0.15) is 12.2 Å². The third-order valence-electron chi connectivity index (χ3n) is 6.31. The molecule has 0 spiro atoms. The number of para-hydroxylation sites is 2. The van der Waals surface area contributed by atoms with E-state index < -0.39 is 11.8 Å². The lowest BCUT2D eigenvalue weighted by molar-refractivity contribution is -0.120. The molecule has 0 saturated carbocycles. The maximum Gasteiger partial charge on any atom is 0.270 e. The van der Waals surface area contributed by atoms with E-state index in [9.17, 15) is 9.59 Å². The maximum atomic E-state index is 13.8. The minimum Gasteiger partial charge on any atom is -0.490 e. The van der Waals surface area contributed by atoms with Gasteiger partial charge in [-0.05, 0) is 102 Å². The van der Waals surface area contributed by atoms with Gasteiger partial charge in [0.05, 0.1) is 21.6 Å². The Morgan fingerprint density at radius 2 is 1.43 bits per heavy atom. The number of amides is 2. The molecule has 42 heavy (non-hydrogen) atoms. The summed E-state index contributed by atoms with van der Waals surface area (Å²) in [6.07, 6.45) is 1.56. The van der Waals surface area contributed by atoms with E-state index in [1.807, 2.05) is 49.4 Å². The molecule has 1 heterocycles. The van der Waals surface area contributed by atoms with Crippen LogP contribution in [0.4, 0.5) is 11.4 Å². The monoisotopic (exact) mass is 728 g/mol. The molecule has 212 valence electrons. The molecule has 2 amide bonds. The molecule has 4 aromatic rings. The molecule has 10 heteroatoms. The van der Waals surface area contributed by atoms with Crippen LogP contribution < -0.4 is 19.3 Å². The van der Waals surface area contributed by atoms with Gasteiger partial charge in [-0.1, -0.05) is 65.7 Å². The zero-order valence-electron chi connectivity index (χ0n) is 22.2. The summed E-state index contributed by atoms with van der Waals surface area (Å²) in [5.41, 5.74) is 2.42. The van der Waals surface area contributed by atoms with Crippen LogP contribution in [0.15, 0.2) is 96.6 Å². The van der Waals surface area contributed by atoms with Crippen molar-refractivity contribution in [3.63, 3.8) is 0 Å². The van der Waals surface area contributed by atoms with Crippen LogP contribution in [-0.4, -0.2) is 23.5 Å². The number of carbonyl (C=O) groups is 2. The number of ether oxygens (including phenoxy) is 2. The van der Waals surface area contributed by atoms with Gasteiger partial charge < -0.3 is 9.47 Å². The molecule has 0 unspecified atom stereocenters.